The van der Waals surface area contributed by atoms with Gasteiger partial charge in [0, 0.05) is 5.56 Å². The van der Waals surface area contributed by atoms with E-state index in [0.717, 1.165) is 26.2 Å². The van der Waals surface area contributed by atoms with Gasteiger partial charge in [0.1, 0.15) is 23.3 Å². The standard InChI is InChI=1S/C19H29F4N.4C9HF6.Al/c1-4-6-7-8-9-10-11-13-24(12-5-2)19-16(21)14(3)15(20)17(22)18(19)23;4*10-3-1-2-4(6(3)12)7(13)9(15)8(14)5(2)11;/h4-13H2,1-3H3;4*1H;/q;;;;;-1/p+1. The number of allylic oxidation sites excluding steroid dienone is 4. The minimum Gasteiger partial charge on any atom is -0.297 e. The lowest BCUT2D eigenvalue weighted by atomic mass is 10.1. The molecule has 0 heterocycles. The number of rotatable bonds is 15. The number of benzene rings is 5. The lowest BCUT2D eigenvalue weighted by Gasteiger charge is -2.54. The van der Waals surface area contributed by atoms with Crippen LogP contribution in [-0.2, 0) is 0 Å². The Morgan fingerprint density at radius 1 is 0.271 bits per heavy atom. The Bertz CT molecular complexity index is 3380. The van der Waals surface area contributed by atoms with E-state index in [9.17, 15) is 35.1 Å². The molecule has 0 fully saturated rings. The summed E-state index contributed by atoms with van der Waals surface area (Å²) in [6, 6.07) is 0. The number of fused-ring (bicyclic) bond motifs is 4. The van der Waals surface area contributed by atoms with Gasteiger partial charge in [-0.3, -0.25) is 4.90 Å². The fourth-order valence-corrected chi connectivity index (χ4v) is 21.0. The predicted molar refractivity (Wildman–Crippen MR) is 248 cm³/mol. The van der Waals surface area contributed by atoms with Crippen molar-refractivity contribution in [3.63, 3.8) is 0 Å². The Morgan fingerprint density at radius 2 is 0.529 bits per heavy atom. The van der Waals surface area contributed by atoms with Gasteiger partial charge in [0.25, 0.3) is 0 Å². The van der Waals surface area contributed by atoms with Gasteiger partial charge >= 0.3 is 0 Å². The van der Waals surface area contributed by atoms with E-state index in [2.05, 4.69) is 6.92 Å². The monoisotopic (exact) mass is 1270 g/mol. The Labute approximate surface area is 462 Å². The number of unbranched alkanes of at least 4 members (excludes halogenated alkanes) is 6. The van der Waals surface area contributed by atoms with Crippen molar-refractivity contribution in [2.45, 2.75) is 91.3 Å². The zero-order chi connectivity index (χ0) is 63.4. The minimum absolute atomic E-state index is 0.348. The quantitative estimate of drug-likeness (QED) is 0.0350. The summed E-state index contributed by atoms with van der Waals surface area (Å²) < 4.78 is 415. The van der Waals surface area contributed by atoms with Crippen LogP contribution in [0.25, 0.3) is 23.3 Å². The number of hydrogen-bond acceptors (Lipinski definition) is 0. The Morgan fingerprint density at radius 3 is 0.812 bits per heavy atom. The van der Waals surface area contributed by atoms with E-state index < -0.39 is 245 Å². The molecule has 0 saturated heterocycles. The van der Waals surface area contributed by atoms with E-state index in [-0.39, 0.29) is 5.69 Å². The Kier molecular flexibility index (Phi) is 18.0. The largest absolute Gasteiger partial charge is 0.297 e. The van der Waals surface area contributed by atoms with Gasteiger partial charge in [-0.05, 0) is 48.4 Å². The third-order valence-corrected chi connectivity index (χ3v) is 23.2. The van der Waals surface area contributed by atoms with Crippen LogP contribution in [0.3, 0.4) is 0 Å². The number of hydrogen-bond donors (Lipinski definition) is 1. The van der Waals surface area contributed by atoms with Crippen molar-refractivity contribution in [2.75, 3.05) is 13.1 Å². The van der Waals surface area contributed by atoms with Gasteiger partial charge < -0.3 is 0 Å². The van der Waals surface area contributed by atoms with Crippen LogP contribution in [0, 0.1) is 123 Å². The van der Waals surface area contributed by atoms with Crippen LogP contribution in [0.5, 0.6) is 0 Å². The fourth-order valence-electron chi connectivity index (χ4n) is 12.5. The molecule has 1 nitrogen and oxygen atoms in total. The summed E-state index contributed by atoms with van der Waals surface area (Å²) in [6.07, 6.45) is 8.43. The fraction of sp³-hybridized carbons (Fsp3) is 0.309. The van der Waals surface area contributed by atoms with Crippen LogP contribution in [-0.4, -0.2) is 26.2 Å². The molecule has 0 bridgehead atoms. The molecule has 0 amide bonds. The molecule has 0 saturated carbocycles. The first-order valence-corrected chi connectivity index (χ1v) is 28.0. The third-order valence-electron chi connectivity index (χ3n) is 16.0. The summed E-state index contributed by atoms with van der Waals surface area (Å²) in [5.41, 5.74) is -22.5. The molecule has 9 rings (SSSR count). The van der Waals surface area contributed by atoms with Crippen molar-refractivity contribution in [1.29, 1.82) is 0 Å². The van der Waals surface area contributed by atoms with Gasteiger partial charge in [0.2, 0.25) is 30.4 Å². The van der Waals surface area contributed by atoms with Crippen LogP contribution in [0.2, 0.25) is 0 Å². The topological polar surface area (TPSA) is 4.44 Å². The SMILES string of the molecule is CCCCCCCCC[NH+](CCC)c1c(F)c(C)c(F)c(F)c1F.FC1=C(F)[CH]([Al-]([CH]2C(F)=C(F)c3c(F)c(F)c(F)c(F)c32)([CH]2C(F)=C(F)c3c(F)c(F)c(F)c(F)c32)[CH]2C(F)=C(F)c3c(F)c(F)c(F)c(F)c32)c2c(F)c(F)c(F)c(F)c21. The lowest BCUT2D eigenvalue weighted by Crippen LogP contribution is -3.07. The molecule has 5 aromatic rings. The molecular weight excluding hydrogens is 1230 g/mol. The van der Waals surface area contributed by atoms with Gasteiger partial charge in [-0.1, -0.05) is 65.1 Å². The molecule has 1 N–H and O–H groups in total. The smallest absolute Gasteiger partial charge is 0.225 e. The average Bonchev–Trinajstić information content (AvgIpc) is 1.55. The number of nitrogens with one attached hydrogen (secondary N) is 1. The number of quaternary nitrogens is 1. The van der Waals surface area contributed by atoms with Gasteiger partial charge in [0.05, 0.1) is 35.3 Å². The lowest BCUT2D eigenvalue weighted by molar-refractivity contribution is -0.835. The maximum atomic E-state index is 17.0. The van der Waals surface area contributed by atoms with Crippen LogP contribution < -0.4 is 4.90 Å². The van der Waals surface area contributed by atoms with Crippen molar-refractivity contribution in [3.8, 4) is 0 Å². The first-order chi connectivity index (χ1) is 39.8. The summed E-state index contributed by atoms with van der Waals surface area (Å²) in [5, 5.41) is 0. The van der Waals surface area contributed by atoms with Crippen molar-refractivity contribution in [2.24, 2.45) is 0 Å². The molecule has 30 heteroatoms. The normalized spacial score (nSPS) is 19.1. The van der Waals surface area contributed by atoms with Gasteiger partial charge in [0.15, 0.2) is 128 Å². The van der Waals surface area contributed by atoms with Crippen molar-refractivity contribution >= 4 is 42.1 Å². The van der Waals surface area contributed by atoms with Crippen LogP contribution in [0.1, 0.15) is 134 Å². The molecule has 0 aromatic heterocycles. The molecule has 4 aliphatic rings. The van der Waals surface area contributed by atoms with Gasteiger partial charge in [-0.15, -0.1) is 0 Å². The average molecular weight is 1270 g/mol. The third kappa shape index (κ3) is 9.36. The van der Waals surface area contributed by atoms with E-state index in [4.69, 9.17) is 0 Å². The van der Waals surface area contributed by atoms with Crippen LogP contribution in [0.15, 0.2) is 23.3 Å². The summed E-state index contributed by atoms with van der Waals surface area (Å²) >= 11 is -8.89. The predicted octanol–water partition coefficient (Wildman–Crippen LogP) is 18.7. The molecule has 4 aliphatic carbocycles. The molecule has 0 radical (unpaired) electrons. The van der Waals surface area contributed by atoms with Crippen molar-refractivity contribution in [3.05, 3.63) is 190 Å². The molecule has 5 atom stereocenters. The van der Waals surface area contributed by atoms with Crippen LogP contribution in [0.4, 0.5) is 129 Å². The molecule has 5 unspecified atom stereocenters. The highest BCUT2D eigenvalue weighted by atomic mass is 27.2. The molecule has 0 spiro atoms. The van der Waals surface area contributed by atoms with E-state index in [1.807, 2.05) is 6.92 Å². The second kappa shape index (κ2) is 23.7. The molecule has 85 heavy (non-hydrogen) atoms. The van der Waals surface area contributed by atoms with E-state index in [1.54, 1.807) is 0 Å². The number of halogens is 28. The Balaban J connectivity index is 0.000000330. The maximum absolute atomic E-state index is 17.0. The van der Waals surface area contributed by atoms with E-state index in [1.165, 1.54) is 25.7 Å². The first-order valence-electron chi connectivity index (χ1n) is 25.3. The highest BCUT2D eigenvalue weighted by molar-refractivity contribution is 6.88. The van der Waals surface area contributed by atoms with Crippen molar-refractivity contribution < 1.29 is 128 Å². The molecule has 458 valence electrons. The van der Waals surface area contributed by atoms with Crippen LogP contribution >= 0.6 is 0 Å². The summed E-state index contributed by atoms with van der Waals surface area (Å²) in [4.78, 5) is 0.558. The summed E-state index contributed by atoms with van der Waals surface area (Å²) in [7, 11) is 0. The summed E-state index contributed by atoms with van der Waals surface area (Å²) in [5.74, 6) is -82.8. The van der Waals surface area contributed by atoms with Gasteiger partial charge in [-0.2, -0.15) is 8.78 Å². The van der Waals surface area contributed by atoms with Crippen molar-refractivity contribution in [1.82, 2.24) is 0 Å². The second-order valence-corrected chi connectivity index (χ2v) is 25.3. The highest BCUT2D eigenvalue weighted by Crippen LogP contribution is 2.72. The molecular formula is C55H34AlF28N. The second-order valence-electron chi connectivity index (χ2n) is 20.4. The van der Waals surface area contributed by atoms with Gasteiger partial charge in [-0.25, -0.2) is 114 Å². The zero-order valence-electron chi connectivity index (χ0n) is 43.0. The Hall–Kier alpha value is -6.41. The highest BCUT2D eigenvalue weighted by Gasteiger charge is 2.70. The zero-order valence-corrected chi connectivity index (χ0v) is 44.2. The van der Waals surface area contributed by atoms with E-state index >= 15 is 87.8 Å². The summed E-state index contributed by atoms with van der Waals surface area (Å²) in [6.45, 7) is 6.24. The maximum Gasteiger partial charge on any atom is 0.225 e. The molecule has 0 aliphatic heterocycles. The minimum atomic E-state index is -8.89. The first kappa shape index (κ1) is 64.6. The van der Waals surface area contributed by atoms with E-state index in [0.29, 0.717) is 24.4 Å². The molecule has 5 aromatic carbocycles.